The first kappa shape index (κ1) is 55.5. The predicted octanol–water partition coefficient (Wildman–Crippen LogP) is 22.6. The number of nitrogens with zero attached hydrogens (tertiary/aromatic N) is 5. The zero-order chi connectivity index (χ0) is 61.0. The van der Waals surface area contributed by atoms with Gasteiger partial charge in [0.1, 0.15) is 5.82 Å². The Morgan fingerprint density at radius 3 is 0.864 bits per heavy atom. The molecule has 0 bridgehead atoms. The molecule has 0 radical (unpaired) electrons. The molecule has 5 nitrogen and oxygen atoms in total. The van der Waals surface area contributed by atoms with Crippen LogP contribution < -0.4 is 0 Å². The second kappa shape index (κ2) is 21.5. The lowest BCUT2D eigenvalue weighted by atomic mass is 9.91. The van der Waals surface area contributed by atoms with Crippen molar-refractivity contribution >= 4 is 49.3 Å². The fourth-order valence-corrected chi connectivity index (χ4v) is 15.0. The molecule has 11 aromatic carbocycles. The summed E-state index contributed by atoms with van der Waals surface area (Å²) in [5.41, 5.74) is 35.2. The van der Waals surface area contributed by atoms with E-state index in [0.717, 1.165) is 77.5 Å². The van der Waals surface area contributed by atoms with Crippen molar-refractivity contribution < 1.29 is 0 Å². The van der Waals surface area contributed by atoms with Gasteiger partial charge in [-0.15, -0.1) is 0 Å². The van der Waals surface area contributed by atoms with Crippen LogP contribution in [0.15, 0.2) is 200 Å². The van der Waals surface area contributed by atoms with E-state index in [0.29, 0.717) is 17.1 Å². The van der Waals surface area contributed by atoms with Gasteiger partial charge in [-0.1, -0.05) is 156 Å². The van der Waals surface area contributed by atoms with Crippen LogP contribution >= 0.6 is 0 Å². The zero-order valence-electron chi connectivity index (χ0n) is 52.3. The van der Waals surface area contributed by atoms with Gasteiger partial charge in [-0.2, -0.15) is 0 Å². The molecular weight excluding hydrogens is 1070 g/mol. The van der Waals surface area contributed by atoms with Crippen molar-refractivity contribution in [3.05, 3.63) is 278 Å². The molecule has 0 amide bonds. The van der Waals surface area contributed by atoms with Crippen LogP contribution in [0, 0.1) is 89.7 Å². The Balaban J connectivity index is 1.13. The highest BCUT2D eigenvalue weighted by molar-refractivity contribution is 6.15. The van der Waals surface area contributed by atoms with Crippen LogP contribution in [0.2, 0.25) is 0 Å². The third kappa shape index (κ3) is 9.39. The summed E-state index contributed by atoms with van der Waals surface area (Å²) in [6.45, 7) is 35.8. The number of aryl methyl sites for hydroxylation is 12. The molecule has 0 N–H and O–H groups in total. The normalized spacial score (nSPS) is 11.6. The molecule has 5 heteroatoms. The van der Waals surface area contributed by atoms with Crippen molar-refractivity contribution in [3.63, 3.8) is 0 Å². The van der Waals surface area contributed by atoms with Gasteiger partial charge in [-0.3, -0.25) is 0 Å². The van der Waals surface area contributed by atoms with E-state index >= 15 is 0 Å². The highest BCUT2D eigenvalue weighted by atomic mass is 15.1. The minimum absolute atomic E-state index is 0.448. The summed E-state index contributed by atoms with van der Waals surface area (Å²) < 4.78 is 4.87. The number of hydrogen-bond donors (Lipinski definition) is 0. The summed E-state index contributed by atoms with van der Waals surface area (Å²) in [5, 5.41) is 4.53. The molecule has 0 aliphatic rings. The van der Waals surface area contributed by atoms with Gasteiger partial charge in [0.25, 0.3) is 0 Å². The van der Waals surface area contributed by atoms with Crippen molar-refractivity contribution in [1.29, 1.82) is 0 Å². The minimum atomic E-state index is 0.448. The average molecular weight is 1140 g/mol. The molecule has 0 saturated heterocycles. The molecule has 0 fully saturated rings. The van der Waals surface area contributed by atoms with Gasteiger partial charge in [0.15, 0.2) is 5.69 Å². The molecule has 0 spiro atoms. The molecule has 14 aromatic rings. The maximum atomic E-state index is 9.24. The molecule has 426 valence electrons. The van der Waals surface area contributed by atoms with E-state index in [4.69, 9.17) is 9.97 Å². The molecule has 3 aromatic heterocycles. The average Bonchev–Trinajstić information content (AvgIpc) is 1.65. The van der Waals surface area contributed by atoms with E-state index in [9.17, 15) is 6.57 Å². The van der Waals surface area contributed by atoms with Crippen molar-refractivity contribution in [2.75, 3.05) is 0 Å². The molecule has 0 atom stereocenters. The fraction of sp³-hybridized carbons (Fsp3) is 0.145. The SMILES string of the molecule is [C-]#[N+]c1cc(-n2c3ccc(-c4c(C)cc(C)cc4C)cc3c3cc(-c4c(C)cc(C)cc4C)ccc32)c(-n2c3ccc(-c4c(C)cc(C)cc4C)cc3c3cc(-c4c(C)cc(C)cc4C)ccc32)cc1-c1nc(-c2ccccc2)cc(-c2ccccc2)n1. The Kier molecular flexibility index (Phi) is 13.6. The summed E-state index contributed by atoms with van der Waals surface area (Å²) in [5.74, 6) is 0.476. The first-order valence-corrected chi connectivity index (χ1v) is 30.6. The van der Waals surface area contributed by atoms with Gasteiger partial charge >= 0.3 is 0 Å². The van der Waals surface area contributed by atoms with Gasteiger partial charge in [0.2, 0.25) is 0 Å². The number of aromatic nitrogens is 4. The molecule has 0 unspecified atom stereocenters. The van der Waals surface area contributed by atoms with Crippen LogP contribution in [0.5, 0.6) is 0 Å². The standard InChI is InChI=1S/C83H69N5/c1-47-32-51(5)79(52(6)33-47)61-24-28-73-65(40-61)66-41-62(80-53(7)34-48(2)35-54(80)8)25-29-74(66)87(73)77-44-69(83-85-70(59-20-16-14-17-21-59)45-71(86-83)60-22-18-15-19-23-60)72(84-13)46-78(77)88-75-30-26-63(81-55(9)36-49(3)37-56(81)10)42-67(75)68-43-64(27-31-76(68)88)82-57(11)38-50(4)39-58(82)12/h14-46H,1-12H3. The van der Waals surface area contributed by atoms with Crippen LogP contribution in [-0.4, -0.2) is 19.1 Å². The van der Waals surface area contributed by atoms with Crippen molar-refractivity contribution in [1.82, 2.24) is 19.1 Å². The van der Waals surface area contributed by atoms with E-state index in [-0.39, 0.29) is 0 Å². The topological polar surface area (TPSA) is 40.0 Å². The maximum absolute atomic E-state index is 9.24. The number of benzene rings is 11. The molecule has 14 rings (SSSR count). The summed E-state index contributed by atoms with van der Waals surface area (Å²) in [7, 11) is 0. The first-order chi connectivity index (χ1) is 42.5. The molecular formula is C83H69N5. The van der Waals surface area contributed by atoms with E-state index in [2.05, 4.69) is 261 Å². The Morgan fingerprint density at radius 2 is 0.580 bits per heavy atom. The van der Waals surface area contributed by atoms with Crippen LogP contribution in [-0.2, 0) is 0 Å². The molecule has 0 aliphatic carbocycles. The summed E-state index contributed by atoms with van der Waals surface area (Å²) in [6.07, 6.45) is 0. The van der Waals surface area contributed by atoms with Gasteiger partial charge in [0, 0.05) is 38.2 Å². The van der Waals surface area contributed by atoms with Crippen molar-refractivity contribution in [2.24, 2.45) is 0 Å². The third-order valence-corrected chi connectivity index (χ3v) is 18.2. The zero-order valence-corrected chi connectivity index (χ0v) is 52.3. The second-order valence-corrected chi connectivity index (χ2v) is 24.9. The van der Waals surface area contributed by atoms with E-state index in [1.807, 2.05) is 36.4 Å². The highest BCUT2D eigenvalue weighted by Gasteiger charge is 2.26. The quantitative estimate of drug-likeness (QED) is 0.135. The Hall–Kier alpha value is -10.4. The van der Waals surface area contributed by atoms with Gasteiger partial charge in [-0.25, -0.2) is 14.8 Å². The fourth-order valence-electron chi connectivity index (χ4n) is 15.0. The lowest BCUT2D eigenvalue weighted by Gasteiger charge is -2.20. The third-order valence-electron chi connectivity index (χ3n) is 18.2. The minimum Gasteiger partial charge on any atom is -0.308 e. The van der Waals surface area contributed by atoms with E-state index < -0.39 is 0 Å². The molecule has 3 heterocycles. The monoisotopic (exact) mass is 1140 g/mol. The summed E-state index contributed by atoms with van der Waals surface area (Å²) in [4.78, 5) is 15.3. The lowest BCUT2D eigenvalue weighted by Crippen LogP contribution is -2.05. The summed E-state index contributed by atoms with van der Waals surface area (Å²) in [6, 6.07) is 73.4. The van der Waals surface area contributed by atoms with Crippen LogP contribution in [0.25, 0.3) is 138 Å². The Labute approximate surface area is 516 Å². The maximum Gasteiger partial charge on any atom is 0.200 e. The molecule has 0 saturated carbocycles. The molecule has 88 heavy (non-hydrogen) atoms. The van der Waals surface area contributed by atoms with E-state index in [1.165, 1.54) is 111 Å². The smallest absolute Gasteiger partial charge is 0.200 e. The van der Waals surface area contributed by atoms with Gasteiger partial charge in [0.05, 0.1) is 51.4 Å². The number of fused-ring (bicyclic) bond motifs is 6. The van der Waals surface area contributed by atoms with Crippen LogP contribution in [0.4, 0.5) is 5.69 Å². The molecule has 0 aliphatic heterocycles. The van der Waals surface area contributed by atoms with E-state index in [1.54, 1.807) is 0 Å². The van der Waals surface area contributed by atoms with Crippen LogP contribution in [0.1, 0.15) is 66.8 Å². The van der Waals surface area contributed by atoms with Gasteiger partial charge in [-0.05, 0) is 239 Å². The largest absolute Gasteiger partial charge is 0.308 e. The number of hydrogen-bond acceptors (Lipinski definition) is 2. The Morgan fingerprint density at radius 1 is 0.295 bits per heavy atom. The predicted molar refractivity (Wildman–Crippen MR) is 372 cm³/mol. The second-order valence-electron chi connectivity index (χ2n) is 24.9. The summed E-state index contributed by atoms with van der Waals surface area (Å²) >= 11 is 0. The van der Waals surface area contributed by atoms with Crippen LogP contribution in [0.3, 0.4) is 0 Å². The highest BCUT2D eigenvalue weighted by Crippen LogP contribution is 2.47. The lowest BCUT2D eigenvalue weighted by molar-refractivity contribution is 1.09. The first-order valence-electron chi connectivity index (χ1n) is 30.6. The van der Waals surface area contributed by atoms with Crippen molar-refractivity contribution in [2.45, 2.75) is 83.1 Å². The number of rotatable bonds is 9. The van der Waals surface area contributed by atoms with Gasteiger partial charge < -0.3 is 9.13 Å². The van der Waals surface area contributed by atoms with Crippen molar-refractivity contribution in [3.8, 4) is 89.8 Å². The Bertz CT molecular complexity index is 4900.